The van der Waals surface area contributed by atoms with Gasteiger partial charge < -0.3 is 20.7 Å². The lowest BCUT2D eigenvalue weighted by atomic mass is 10.2. The Balaban J connectivity index is 2.41. The second-order valence-corrected chi connectivity index (χ2v) is 5.90. The number of thiocarbonyl (C=S) groups is 1. The number of rotatable bonds is 9. The van der Waals surface area contributed by atoms with Crippen LogP contribution in [0.3, 0.4) is 0 Å². The van der Waals surface area contributed by atoms with Gasteiger partial charge in [-0.1, -0.05) is 13.3 Å². The molecular formula is C18H25N3O4S. The van der Waals surface area contributed by atoms with Gasteiger partial charge in [0.05, 0.1) is 13.0 Å². The van der Waals surface area contributed by atoms with Gasteiger partial charge in [0.15, 0.2) is 5.11 Å². The smallest absolute Gasteiger partial charge is 0.306 e. The summed E-state index contributed by atoms with van der Waals surface area (Å²) < 4.78 is 4.75. The Morgan fingerprint density at radius 3 is 2.38 bits per heavy atom. The van der Waals surface area contributed by atoms with Crippen molar-refractivity contribution in [3.8, 4) is 0 Å². The van der Waals surface area contributed by atoms with Gasteiger partial charge in [0.1, 0.15) is 0 Å². The monoisotopic (exact) mass is 379 g/mol. The van der Waals surface area contributed by atoms with E-state index in [0.29, 0.717) is 17.8 Å². The molecule has 2 amide bonds. The average Bonchev–Trinajstić information content (AvgIpc) is 2.61. The molecule has 0 fully saturated rings. The molecule has 26 heavy (non-hydrogen) atoms. The van der Waals surface area contributed by atoms with Gasteiger partial charge in [-0.05, 0) is 49.8 Å². The van der Waals surface area contributed by atoms with Crippen LogP contribution in [-0.4, -0.2) is 36.0 Å². The van der Waals surface area contributed by atoms with Crippen molar-refractivity contribution in [1.29, 1.82) is 0 Å². The quantitative estimate of drug-likeness (QED) is 0.346. The van der Waals surface area contributed by atoms with Crippen LogP contribution in [0.1, 0.15) is 49.9 Å². The lowest BCUT2D eigenvalue weighted by molar-refractivity contribution is -0.144. The van der Waals surface area contributed by atoms with Gasteiger partial charge in [0.2, 0.25) is 5.91 Å². The molecule has 0 saturated carbocycles. The molecule has 0 heterocycles. The molecule has 142 valence electrons. The topological polar surface area (TPSA) is 96.5 Å². The lowest BCUT2D eigenvalue weighted by Crippen LogP contribution is -2.34. The van der Waals surface area contributed by atoms with E-state index in [4.69, 9.17) is 17.0 Å². The molecule has 3 N–H and O–H groups in total. The van der Waals surface area contributed by atoms with Crippen LogP contribution in [0.5, 0.6) is 0 Å². The van der Waals surface area contributed by atoms with Crippen molar-refractivity contribution in [2.24, 2.45) is 0 Å². The van der Waals surface area contributed by atoms with Crippen molar-refractivity contribution in [1.82, 2.24) is 10.6 Å². The standard InChI is InChI=1S/C18H25N3O4S/c1-3-5-12-19-17(24)13-6-8-14(9-7-13)20-18(26)21-15(22)10-11-16(23)25-4-2/h6-9H,3-5,10-12H2,1-2H3,(H,19,24)(H2,20,21,22,26). The van der Waals surface area contributed by atoms with Crippen LogP contribution in [-0.2, 0) is 14.3 Å². The summed E-state index contributed by atoms with van der Waals surface area (Å²) >= 11 is 5.06. The number of ether oxygens (including phenoxy) is 1. The first-order valence-corrected chi connectivity index (χ1v) is 9.01. The van der Waals surface area contributed by atoms with Crippen LogP contribution in [0, 0.1) is 0 Å². The Hall–Kier alpha value is -2.48. The predicted molar refractivity (Wildman–Crippen MR) is 104 cm³/mol. The van der Waals surface area contributed by atoms with E-state index in [-0.39, 0.29) is 36.4 Å². The maximum atomic E-state index is 11.9. The highest BCUT2D eigenvalue weighted by Gasteiger charge is 2.10. The van der Waals surface area contributed by atoms with Crippen LogP contribution < -0.4 is 16.0 Å². The number of carbonyl (C=O) groups excluding carboxylic acids is 3. The van der Waals surface area contributed by atoms with Gasteiger partial charge in [0, 0.05) is 24.2 Å². The van der Waals surface area contributed by atoms with Gasteiger partial charge in [-0.15, -0.1) is 0 Å². The minimum atomic E-state index is -0.422. The Morgan fingerprint density at radius 2 is 1.77 bits per heavy atom. The molecule has 0 aliphatic heterocycles. The highest BCUT2D eigenvalue weighted by Crippen LogP contribution is 2.09. The molecule has 0 aliphatic carbocycles. The first-order valence-electron chi connectivity index (χ1n) is 8.61. The van der Waals surface area contributed by atoms with Crippen molar-refractivity contribution >= 4 is 40.8 Å². The molecule has 0 saturated heterocycles. The minimum Gasteiger partial charge on any atom is -0.466 e. The summed E-state index contributed by atoms with van der Waals surface area (Å²) in [4.78, 5) is 34.9. The SMILES string of the molecule is CCCCNC(=O)c1ccc(NC(=S)NC(=O)CCC(=O)OCC)cc1. The Morgan fingerprint density at radius 1 is 1.08 bits per heavy atom. The van der Waals surface area contributed by atoms with Crippen molar-refractivity contribution in [3.63, 3.8) is 0 Å². The van der Waals surface area contributed by atoms with Crippen molar-refractivity contribution < 1.29 is 19.1 Å². The Kier molecular flexibility index (Phi) is 9.93. The molecule has 0 unspecified atom stereocenters. The number of hydrogen-bond acceptors (Lipinski definition) is 5. The Bertz CT molecular complexity index is 632. The highest BCUT2D eigenvalue weighted by molar-refractivity contribution is 7.80. The summed E-state index contributed by atoms with van der Waals surface area (Å²) in [5.74, 6) is -0.920. The van der Waals surface area contributed by atoms with Crippen LogP contribution in [0.2, 0.25) is 0 Å². The zero-order valence-electron chi connectivity index (χ0n) is 15.1. The third-order valence-corrected chi connectivity index (χ3v) is 3.54. The van der Waals surface area contributed by atoms with E-state index < -0.39 is 5.97 Å². The zero-order chi connectivity index (χ0) is 19.4. The van der Waals surface area contributed by atoms with Crippen LogP contribution in [0.15, 0.2) is 24.3 Å². The Labute approximate surface area is 158 Å². The molecule has 0 atom stereocenters. The number of unbranched alkanes of at least 4 members (excludes halogenated alkanes) is 1. The van der Waals surface area contributed by atoms with E-state index >= 15 is 0 Å². The number of anilines is 1. The molecule has 1 aromatic rings. The molecule has 0 radical (unpaired) electrons. The van der Waals surface area contributed by atoms with Gasteiger partial charge in [0.25, 0.3) is 5.91 Å². The van der Waals surface area contributed by atoms with Crippen molar-refractivity contribution in [2.45, 2.75) is 39.5 Å². The van der Waals surface area contributed by atoms with Crippen molar-refractivity contribution in [2.75, 3.05) is 18.5 Å². The van der Waals surface area contributed by atoms with E-state index in [1.165, 1.54) is 0 Å². The molecule has 7 nitrogen and oxygen atoms in total. The number of benzene rings is 1. The molecule has 0 spiro atoms. The maximum absolute atomic E-state index is 11.9. The first-order chi connectivity index (χ1) is 12.5. The second-order valence-electron chi connectivity index (χ2n) is 5.49. The summed E-state index contributed by atoms with van der Waals surface area (Å²) in [6.45, 7) is 4.70. The summed E-state index contributed by atoms with van der Waals surface area (Å²) in [5, 5.41) is 8.31. The van der Waals surface area contributed by atoms with Gasteiger partial charge in [-0.2, -0.15) is 0 Å². The number of esters is 1. The first kappa shape index (κ1) is 21.6. The molecular weight excluding hydrogens is 354 g/mol. The minimum absolute atomic E-state index is 0.00246. The summed E-state index contributed by atoms with van der Waals surface area (Å²) in [6.07, 6.45) is 1.96. The maximum Gasteiger partial charge on any atom is 0.306 e. The van der Waals surface area contributed by atoms with Crippen LogP contribution in [0.4, 0.5) is 5.69 Å². The lowest BCUT2D eigenvalue weighted by Gasteiger charge is -2.10. The fourth-order valence-electron chi connectivity index (χ4n) is 1.99. The average molecular weight is 379 g/mol. The predicted octanol–water partition coefficient (Wildman–Crippen LogP) is 2.37. The second kappa shape index (κ2) is 12.0. The molecule has 0 aromatic heterocycles. The molecule has 1 aromatic carbocycles. The van der Waals surface area contributed by atoms with E-state index in [1.807, 2.05) is 0 Å². The van der Waals surface area contributed by atoms with Crippen LogP contribution in [0.25, 0.3) is 0 Å². The number of carbonyl (C=O) groups is 3. The fraction of sp³-hybridized carbons (Fsp3) is 0.444. The van der Waals surface area contributed by atoms with E-state index in [0.717, 1.165) is 12.8 Å². The number of amides is 2. The highest BCUT2D eigenvalue weighted by atomic mass is 32.1. The van der Waals surface area contributed by atoms with E-state index in [2.05, 4.69) is 22.9 Å². The van der Waals surface area contributed by atoms with Crippen LogP contribution >= 0.6 is 12.2 Å². The van der Waals surface area contributed by atoms with Crippen molar-refractivity contribution in [3.05, 3.63) is 29.8 Å². The van der Waals surface area contributed by atoms with E-state index in [1.54, 1.807) is 31.2 Å². The van der Waals surface area contributed by atoms with Gasteiger partial charge in [-0.3, -0.25) is 14.4 Å². The normalized spacial score (nSPS) is 9.92. The van der Waals surface area contributed by atoms with Gasteiger partial charge in [-0.25, -0.2) is 0 Å². The third-order valence-electron chi connectivity index (χ3n) is 3.34. The molecule has 0 aliphatic rings. The number of nitrogens with one attached hydrogen (secondary N) is 3. The fourth-order valence-corrected chi connectivity index (χ4v) is 2.22. The van der Waals surface area contributed by atoms with E-state index in [9.17, 15) is 14.4 Å². The summed E-state index contributed by atoms with van der Waals surface area (Å²) in [6, 6.07) is 6.75. The third kappa shape index (κ3) is 8.57. The molecule has 1 rings (SSSR count). The largest absolute Gasteiger partial charge is 0.466 e. The molecule has 0 bridgehead atoms. The van der Waals surface area contributed by atoms with Gasteiger partial charge >= 0.3 is 5.97 Å². The number of hydrogen-bond donors (Lipinski definition) is 3. The summed E-state index contributed by atoms with van der Waals surface area (Å²) in [5.41, 5.74) is 1.20. The zero-order valence-corrected chi connectivity index (χ0v) is 15.9. The summed E-state index contributed by atoms with van der Waals surface area (Å²) in [7, 11) is 0. The molecule has 8 heteroatoms.